The van der Waals surface area contributed by atoms with Gasteiger partial charge in [-0.3, -0.25) is 0 Å². The number of carbonyl (C=O) groups is 1. The molecule has 4 N–H and O–H groups in total. The van der Waals surface area contributed by atoms with Gasteiger partial charge in [-0.25, -0.2) is 4.79 Å². The highest BCUT2D eigenvalue weighted by atomic mass is 32.1. The Morgan fingerprint density at radius 3 is 2.69 bits per heavy atom. The average molecular weight is 205 g/mol. The first-order valence-corrected chi connectivity index (χ1v) is 4.42. The van der Waals surface area contributed by atoms with E-state index in [1.54, 1.807) is 7.05 Å². The second-order valence-electron chi connectivity index (χ2n) is 2.70. The van der Waals surface area contributed by atoms with Crippen LogP contribution in [0.5, 0.6) is 0 Å². The zero-order valence-electron chi connectivity index (χ0n) is 7.62. The van der Waals surface area contributed by atoms with Crippen molar-refractivity contribution in [1.29, 1.82) is 0 Å². The van der Waals surface area contributed by atoms with Crippen LogP contribution in [0.2, 0.25) is 0 Å². The Morgan fingerprint density at radius 2 is 2.23 bits per heavy atom. The molecule has 0 atom stereocenters. The number of thiocarbonyl (C=S) groups is 1. The molecule has 0 aliphatic heterocycles. The van der Waals surface area contributed by atoms with Gasteiger partial charge in [0.05, 0.1) is 0 Å². The number of nitrogens with one attached hydrogen (secondary N) is 1. The van der Waals surface area contributed by atoms with E-state index in [-0.39, 0.29) is 5.11 Å². The quantitative estimate of drug-likeness (QED) is 0.442. The minimum atomic E-state index is -0.901. The zero-order valence-corrected chi connectivity index (χ0v) is 8.43. The lowest BCUT2D eigenvalue weighted by molar-refractivity contribution is 0.155. The maximum atomic E-state index is 10.3. The molecule has 0 spiro atoms. The summed E-state index contributed by atoms with van der Waals surface area (Å²) < 4.78 is 0. The second kappa shape index (κ2) is 6.47. The maximum Gasteiger partial charge on any atom is 0.407 e. The average Bonchev–Trinajstić information content (AvgIpc) is 2.02. The van der Waals surface area contributed by atoms with Crippen LogP contribution in [0.1, 0.15) is 12.8 Å². The van der Waals surface area contributed by atoms with Crippen LogP contribution in [0, 0.1) is 0 Å². The molecule has 0 aromatic heterocycles. The van der Waals surface area contributed by atoms with Gasteiger partial charge in [0.1, 0.15) is 0 Å². The van der Waals surface area contributed by atoms with Crippen molar-refractivity contribution in [3.05, 3.63) is 0 Å². The summed E-state index contributed by atoms with van der Waals surface area (Å²) in [6.07, 6.45) is 0.759. The molecule has 0 bridgehead atoms. The van der Waals surface area contributed by atoms with Crippen molar-refractivity contribution in [2.75, 3.05) is 20.1 Å². The van der Waals surface area contributed by atoms with Gasteiger partial charge < -0.3 is 21.1 Å². The van der Waals surface area contributed by atoms with Crippen molar-refractivity contribution in [3.8, 4) is 0 Å². The van der Waals surface area contributed by atoms with Gasteiger partial charge in [0.25, 0.3) is 0 Å². The number of amides is 1. The predicted molar refractivity (Wildman–Crippen MR) is 54.7 cm³/mol. The van der Waals surface area contributed by atoms with E-state index in [9.17, 15) is 4.79 Å². The van der Waals surface area contributed by atoms with Gasteiger partial charge in [-0.05, 0) is 25.1 Å². The van der Waals surface area contributed by atoms with Crippen LogP contribution in [-0.2, 0) is 0 Å². The van der Waals surface area contributed by atoms with Gasteiger partial charge in [0, 0.05) is 20.1 Å². The number of hydrogen-bond donors (Lipinski definition) is 3. The van der Waals surface area contributed by atoms with Crippen LogP contribution in [-0.4, -0.2) is 41.3 Å². The summed E-state index contributed by atoms with van der Waals surface area (Å²) >= 11 is 4.60. The van der Waals surface area contributed by atoms with Gasteiger partial charge in [-0.1, -0.05) is 0 Å². The molecule has 6 heteroatoms. The standard InChI is InChI=1S/C7H15N3O2S/c1-10(7(11)12)5-3-2-4-9-6(8)13/h2-5H2,1H3,(H,11,12)(H3,8,9,13). The van der Waals surface area contributed by atoms with Crippen molar-refractivity contribution in [3.63, 3.8) is 0 Å². The van der Waals surface area contributed by atoms with E-state index in [2.05, 4.69) is 17.5 Å². The fourth-order valence-electron chi connectivity index (χ4n) is 0.781. The Bertz CT molecular complexity index is 187. The van der Waals surface area contributed by atoms with Gasteiger partial charge in [-0.2, -0.15) is 0 Å². The van der Waals surface area contributed by atoms with Crippen LogP contribution in [0.4, 0.5) is 4.79 Å². The van der Waals surface area contributed by atoms with Crippen molar-refractivity contribution >= 4 is 23.4 Å². The molecular weight excluding hydrogens is 190 g/mol. The SMILES string of the molecule is CN(CCCCNC(N)=S)C(=O)O. The molecule has 0 aromatic rings. The summed E-state index contributed by atoms with van der Waals surface area (Å²) in [5.74, 6) is 0. The largest absolute Gasteiger partial charge is 0.465 e. The van der Waals surface area contributed by atoms with Crippen LogP contribution in [0.3, 0.4) is 0 Å². The van der Waals surface area contributed by atoms with E-state index >= 15 is 0 Å². The Morgan fingerprint density at radius 1 is 1.62 bits per heavy atom. The third-order valence-corrected chi connectivity index (χ3v) is 1.69. The molecule has 0 aliphatic rings. The van der Waals surface area contributed by atoms with E-state index in [0.717, 1.165) is 12.8 Å². The summed E-state index contributed by atoms with van der Waals surface area (Å²) in [5.41, 5.74) is 5.20. The van der Waals surface area contributed by atoms with Crippen LogP contribution >= 0.6 is 12.2 Å². The molecule has 0 radical (unpaired) electrons. The Hall–Kier alpha value is -1.04. The smallest absolute Gasteiger partial charge is 0.407 e. The van der Waals surface area contributed by atoms with Crippen LogP contribution in [0.15, 0.2) is 0 Å². The zero-order chi connectivity index (χ0) is 10.3. The predicted octanol–water partition coefficient (Wildman–Crippen LogP) is 0.210. The monoisotopic (exact) mass is 205 g/mol. The van der Waals surface area contributed by atoms with E-state index in [4.69, 9.17) is 10.8 Å². The van der Waals surface area contributed by atoms with E-state index in [1.165, 1.54) is 4.90 Å². The van der Waals surface area contributed by atoms with E-state index in [0.29, 0.717) is 13.1 Å². The molecule has 0 aromatic carbocycles. The molecular formula is C7H15N3O2S. The van der Waals surface area contributed by atoms with Crippen molar-refractivity contribution in [2.45, 2.75) is 12.8 Å². The number of unbranched alkanes of at least 4 members (excludes halogenated alkanes) is 1. The minimum Gasteiger partial charge on any atom is -0.465 e. The second-order valence-corrected chi connectivity index (χ2v) is 3.14. The molecule has 76 valence electrons. The van der Waals surface area contributed by atoms with Crippen molar-refractivity contribution in [2.24, 2.45) is 5.73 Å². The van der Waals surface area contributed by atoms with Gasteiger partial charge in [0.15, 0.2) is 5.11 Å². The van der Waals surface area contributed by atoms with E-state index < -0.39 is 6.09 Å². The molecule has 0 unspecified atom stereocenters. The fraction of sp³-hybridized carbons (Fsp3) is 0.714. The minimum absolute atomic E-state index is 0.284. The normalized spacial score (nSPS) is 9.31. The van der Waals surface area contributed by atoms with Gasteiger partial charge in [0.2, 0.25) is 0 Å². The third-order valence-electron chi connectivity index (χ3n) is 1.55. The molecule has 0 saturated carbocycles. The molecule has 1 amide bonds. The van der Waals surface area contributed by atoms with Crippen LogP contribution in [0.25, 0.3) is 0 Å². The Labute approximate surface area is 82.9 Å². The van der Waals surface area contributed by atoms with Crippen molar-refractivity contribution in [1.82, 2.24) is 10.2 Å². The summed E-state index contributed by atoms with van der Waals surface area (Å²) in [6.45, 7) is 1.23. The van der Waals surface area contributed by atoms with Crippen LogP contribution < -0.4 is 11.1 Å². The number of carboxylic acid groups (broad SMARTS) is 1. The first-order chi connectivity index (χ1) is 6.04. The Balaban J connectivity index is 3.26. The lowest BCUT2D eigenvalue weighted by atomic mass is 10.3. The number of hydrogen-bond acceptors (Lipinski definition) is 2. The molecule has 5 nitrogen and oxygen atoms in total. The summed E-state index contributed by atoms with van der Waals surface area (Å²) in [5, 5.41) is 11.6. The maximum absolute atomic E-state index is 10.3. The highest BCUT2D eigenvalue weighted by Crippen LogP contribution is 1.91. The first kappa shape index (κ1) is 12.0. The van der Waals surface area contributed by atoms with Gasteiger partial charge >= 0.3 is 6.09 Å². The first-order valence-electron chi connectivity index (χ1n) is 4.01. The Kier molecular flexibility index (Phi) is 5.96. The number of rotatable bonds is 5. The summed E-state index contributed by atoms with van der Waals surface area (Å²) in [7, 11) is 1.54. The lowest BCUT2D eigenvalue weighted by Crippen LogP contribution is -2.31. The third kappa shape index (κ3) is 7.32. The highest BCUT2D eigenvalue weighted by Gasteiger charge is 2.03. The molecule has 13 heavy (non-hydrogen) atoms. The number of nitrogens with zero attached hydrogens (tertiary/aromatic N) is 1. The van der Waals surface area contributed by atoms with Gasteiger partial charge in [-0.15, -0.1) is 0 Å². The van der Waals surface area contributed by atoms with Crippen molar-refractivity contribution < 1.29 is 9.90 Å². The number of nitrogens with two attached hydrogens (primary N) is 1. The molecule has 0 aliphatic carbocycles. The summed E-state index contributed by atoms with van der Waals surface area (Å²) in [6, 6.07) is 0. The molecule has 0 saturated heterocycles. The topological polar surface area (TPSA) is 78.6 Å². The summed E-state index contributed by atoms with van der Waals surface area (Å²) in [4.78, 5) is 11.6. The molecule has 0 heterocycles. The highest BCUT2D eigenvalue weighted by molar-refractivity contribution is 7.80. The van der Waals surface area contributed by atoms with E-state index in [1.807, 2.05) is 0 Å². The molecule has 0 rings (SSSR count). The fourth-order valence-corrected chi connectivity index (χ4v) is 0.883. The lowest BCUT2D eigenvalue weighted by Gasteiger charge is -2.12. The molecule has 0 fully saturated rings.